The molecule has 0 fully saturated rings. The average Bonchev–Trinajstić information content (AvgIpc) is 2.83. The Morgan fingerprint density at radius 1 is 1.42 bits per heavy atom. The molecule has 1 N–H and O–H groups in total. The Hall–Kier alpha value is -1.68. The molecule has 2 aromatic rings. The number of pyridine rings is 1. The largest absolute Gasteiger partial charge is 0.303 e. The first-order valence-electron chi connectivity index (χ1n) is 6.92. The third-order valence-electron chi connectivity index (χ3n) is 4.01. The third-order valence-corrected chi connectivity index (χ3v) is 4.01. The van der Waals surface area contributed by atoms with Crippen LogP contribution in [-0.2, 0) is 13.5 Å². The first-order valence-corrected chi connectivity index (χ1v) is 6.92. The first-order chi connectivity index (χ1) is 9.25. The zero-order valence-electron chi connectivity index (χ0n) is 11.5. The van der Waals surface area contributed by atoms with Crippen LogP contribution in [0.4, 0.5) is 0 Å². The fraction of sp³-hybridized carbons (Fsp3) is 0.467. The summed E-state index contributed by atoms with van der Waals surface area (Å²) in [4.78, 5) is 4.19. The Balaban J connectivity index is 1.78. The van der Waals surface area contributed by atoms with E-state index in [0.717, 1.165) is 6.42 Å². The molecule has 100 valence electrons. The SMILES string of the molecule is C[C@H](NC1CCCc2c1cnn2C)c1cccnc1. The maximum absolute atomic E-state index is 4.39. The first kappa shape index (κ1) is 12.4. The van der Waals surface area contributed by atoms with E-state index in [2.05, 4.69) is 28.4 Å². The lowest BCUT2D eigenvalue weighted by molar-refractivity contribution is 0.410. The van der Waals surface area contributed by atoms with Crippen molar-refractivity contribution in [2.45, 2.75) is 38.3 Å². The number of aromatic nitrogens is 3. The Morgan fingerprint density at radius 2 is 2.32 bits per heavy atom. The van der Waals surface area contributed by atoms with Gasteiger partial charge in [-0.3, -0.25) is 9.67 Å². The second-order valence-electron chi connectivity index (χ2n) is 5.29. The Morgan fingerprint density at radius 3 is 3.11 bits per heavy atom. The monoisotopic (exact) mass is 256 g/mol. The molecule has 2 aromatic heterocycles. The minimum absolute atomic E-state index is 0.310. The Kier molecular flexibility index (Phi) is 3.34. The molecule has 1 aliphatic carbocycles. The summed E-state index contributed by atoms with van der Waals surface area (Å²) in [6.07, 6.45) is 9.32. The van der Waals surface area contributed by atoms with Crippen LogP contribution in [0.3, 0.4) is 0 Å². The lowest BCUT2D eigenvalue weighted by Gasteiger charge is -2.27. The highest BCUT2D eigenvalue weighted by Crippen LogP contribution is 2.31. The molecule has 19 heavy (non-hydrogen) atoms. The van der Waals surface area contributed by atoms with Gasteiger partial charge in [-0.1, -0.05) is 6.07 Å². The quantitative estimate of drug-likeness (QED) is 0.917. The highest BCUT2D eigenvalue weighted by atomic mass is 15.3. The molecular formula is C15H20N4. The van der Waals surface area contributed by atoms with Gasteiger partial charge < -0.3 is 5.32 Å². The lowest BCUT2D eigenvalue weighted by atomic mass is 9.92. The summed E-state index contributed by atoms with van der Waals surface area (Å²) in [7, 11) is 2.03. The number of rotatable bonds is 3. The molecule has 0 spiro atoms. The van der Waals surface area contributed by atoms with Gasteiger partial charge >= 0.3 is 0 Å². The number of hydrogen-bond donors (Lipinski definition) is 1. The van der Waals surface area contributed by atoms with Crippen LogP contribution in [0.2, 0.25) is 0 Å². The summed E-state index contributed by atoms with van der Waals surface area (Å²) in [6.45, 7) is 2.20. The van der Waals surface area contributed by atoms with E-state index >= 15 is 0 Å². The maximum atomic E-state index is 4.39. The van der Waals surface area contributed by atoms with E-state index in [0.29, 0.717) is 12.1 Å². The fourth-order valence-corrected chi connectivity index (χ4v) is 2.91. The molecule has 0 radical (unpaired) electrons. The van der Waals surface area contributed by atoms with Crippen molar-refractivity contribution >= 4 is 0 Å². The van der Waals surface area contributed by atoms with Gasteiger partial charge in [0.1, 0.15) is 0 Å². The average molecular weight is 256 g/mol. The normalized spacial score (nSPS) is 20.0. The smallest absolute Gasteiger partial charge is 0.0540 e. The van der Waals surface area contributed by atoms with Crippen LogP contribution in [0.1, 0.15) is 48.7 Å². The van der Waals surface area contributed by atoms with Gasteiger partial charge in [-0.25, -0.2) is 0 Å². The van der Waals surface area contributed by atoms with Crippen molar-refractivity contribution in [3.05, 3.63) is 47.5 Å². The highest BCUT2D eigenvalue weighted by molar-refractivity contribution is 5.25. The van der Waals surface area contributed by atoms with Crippen LogP contribution in [0, 0.1) is 0 Å². The van der Waals surface area contributed by atoms with Gasteiger partial charge in [0.2, 0.25) is 0 Å². The van der Waals surface area contributed by atoms with Gasteiger partial charge in [0.15, 0.2) is 0 Å². The molecule has 0 bridgehead atoms. The summed E-state index contributed by atoms with van der Waals surface area (Å²) in [5.41, 5.74) is 3.98. The second kappa shape index (κ2) is 5.13. The third kappa shape index (κ3) is 2.40. The van der Waals surface area contributed by atoms with Crippen molar-refractivity contribution in [3.63, 3.8) is 0 Å². The standard InChI is InChI=1S/C15H20N4/c1-11(12-5-4-8-16-9-12)18-14-6-3-7-15-13(14)10-17-19(15)2/h4-5,8-11,14,18H,3,6-7H2,1-2H3/t11-,14?/m0/s1. The molecule has 1 aliphatic rings. The number of nitrogens with one attached hydrogen (secondary N) is 1. The maximum Gasteiger partial charge on any atom is 0.0540 e. The fourth-order valence-electron chi connectivity index (χ4n) is 2.91. The number of fused-ring (bicyclic) bond motifs is 1. The molecule has 0 saturated carbocycles. The molecule has 0 saturated heterocycles. The predicted octanol–water partition coefficient (Wildman–Crippen LogP) is 2.54. The van der Waals surface area contributed by atoms with E-state index in [1.165, 1.54) is 29.7 Å². The molecule has 4 nitrogen and oxygen atoms in total. The van der Waals surface area contributed by atoms with Crippen LogP contribution in [-0.4, -0.2) is 14.8 Å². The summed E-state index contributed by atoms with van der Waals surface area (Å²) in [6, 6.07) is 4.83. The number of hydrogen-bond acceptors (Lipinski definition) is 3. The van der Waals surface area contributed by atoms with E-state index in [4.69, 9.17) is 0 Å². The molecule has 1 unspecified atom stereocenters. The van der Waals surface area contributed by atoms with E-state index in [-0.39, 0.29) is 0 Å². The van der Waals surface area contributed by atoms with Gasteiger partial charge in [0.25, 0.3) is 0 Å². The van der Waals surface area contributed by atoms with Crippen molar-refractivity contribution in [1.29, 1.82) is 0 Å². The van der Waals surface area contributed by atoms with Crippen LogP contribution in [0.15, 0.2) is 30.7 Å². The van der Waals surface area contributed by atoms with Gasteiger partial charge in [-0.2, -0.15) is 5.10 Å². The van der Waals surface area contributed by atoms with Gasteiger partial charge in [0.05, 0.1) is 6.20 Å². The molecule has 0 amide bonds. The predicted molar refractivity (Wildman–Crippen MR) is 74.7 cm³/mol. The minimum Gasteiger partial charge on any atom is -0.303 e. The van der Waals surface area contributed by atoms with E-state index in [9.17, 15) is 0 Å². The molecular weight excluding hydrogens is 236 g/mol. The van der Waals surface area contributed by atoms with E-state index < -0.39 is 0 Å². The Bertz CT molecular complexity index is 547. The van der Waals surface area contributed by atoms with Crippen molar-refractivity contribution in [2.75, 3.05) is 0 Å². The van der Waals surface area contributed by atoms with Crippen LogP contribution in [0.5, 0.6) is 0 Å². The summed E-state index contributed by atoms with van der Waals surface area (Å²) < 4.78 is 2.01. The van der Waals surface area contributed by atoms with Crippen molar-refractivity contribution in [3.8, 4) is 0 Å². The number of aryl methyl sites for hydroxylation is 1. The second-order valence-corrected chi connectivity index (χ2v) is 5.29. The Labute approximate surface area is 113 Å². The molecule has 0 aromatic carbocycles. The van der Waals surface area contributed by atoms with Crippen LogP contribution in [0.25, 0.3) is 0 Å². The summed E-state index contributed by atoms with van der Waals surface area (Å²) in [5, 5.41) is 8.10. The van der Waals surface area contributed by atoms with Crippen molar-refractivity contribution < 1.29 is 0 Å². The van der Waals surface area contributed by atoms with Gasteiger partial charge in [-0.15, -0.1) is 0 Å². The van der Waals surface area contributed by atoms with E-state index in [1.807, 2.05) is 36.4 Å². The zero-order chi connectivity index (χ0) is 13.2. The van der Waals surface area contributed by atoms with Gasteiger partial charge in [-0.05, 0) is 37.8 Å². The summed E-state index contributed by atoms with van der Waals surface area (Å²) >= 11 is 0. The molecule has 2 atom stereocenters. The zero-order valence-corrected chi connectivity index (χ0v) is 11.5. The molecule has 4 heteroatoms. The minimum atomic E-state index is 0.310. The molecule has 3 rings (SSSR count). The van der Waals surface area contributed by atoms with Crippen molar-refractivity contribution in [1.82, 2.24) is 20.1 Å². The highest BCUT2D eigenvalue weighted by Gasteiger charge is 2.24. The van der Waals surface area contributed by atoms with Crippen LogP contribution < -0.4 is 5.32 Å². The van der Waals surface area contributed by atoms with Crippen LogP contribution >= 0.6 is 0 Å². The number of nitrogens with zero attached hydrogens (tertiary/aromatic N) is 3. The lowest BCUT2D eigenvalue weighted by Crippen LogP contribution is -2.27. The molecule has 0 aliphatic heterocycles. The van der Waals surface area contributed by atoms with Crippen molar-refractivity contribution in [2.24, 2.45) is 7.05 Å². The topological polar surface area (TPSA) is 42.7 Å². The van der Waals surface area contributed by atoms with E-state index in [1.54, 1.807) is 0 Å². The summed E-state index contributed by atoms with van der Waals surface area (Å²) in [5.74, 6) is 0. The van der Waals surface area contributed by atoms with Gasteiger partial charge in [0, 0.05) is 42.8 Å². The molecule has 2 heterocycles.